The first-order chi connectivity index (χ1) is 12.7. The molecule has 0 bridgehead atoms. The summed E-state index contributed by atoms with van der Waals surface area (Å²) in [5.41, 5.74) is -3.63. The number of alkyl halides is 3. The van der Waals surface area contributed by atoms with Gasteiger partial charge in [-0.05, 0) is 31.0 Å². The Labute approximate surface area is 152 Å². The third-order valence-corrected chi connectivity index (χ3v) is 4.80. The maximum absolute atomic E-state index is 13.8. The normalized spacial score (nSPS) is 23.5. The van der Waals surface area contributed by atoms with E-state index in [1.807, 2.05) is 0 Å². The van der Waals surface area contributed by atoms with Crippen LogP contribution < -0.4 is 15.4 Å². The minimum Gasteiger partial charge on any atom is -0.497 e. The zero-order valence-electron chi connectivity index (χ0n) is 14.4. The molecule has 146 valence electrons. The van der Waals surface area contributed by atoms with Gasteiger partial charge >= 0.3 is 12.2 Å². The number of nitrogens with zero attached hydrogens (tertiary/aromatic N) is 1. The van der Waals surface area contributed by atoms with Gasteiger partial charge in [-0.3, -0.25) is 19.8 Å². The summed E-state index contributed by atoms with van der Waals surface area (Å²) in [6.07, 6.45) is -2.90. The zero-order chi connectivity index (χ0) is 19.8. The smallest absolute Gasteiger partial charge is 0.440 e. The second kappa shape index (κ2) is 6.75. The van der Waals surface area contributed by atoms with Gasteiger partial charge in [0.25, 0.3) is 17.5 Å². The van der Waals surface area contributed by atoms with E-state index < -0.39 is 35.7 Å². The highest BCUT2D eigenvalue weighted by Crippen LogP contribution is 2.37. The Morgan fingerprint density at radius 1 is 1.30 bits per heavy atom. The summed E-state index contributed by atoms with van der Waals surface area (Å²) in [5.74, 6) is -2.41. The molecule has 0 spiro atoms. The zero-order valence-corrected chi connectivity index (χ0v) is 14.4. The number of rotatable bonds is 4. The Hall–Kier alpha value is -2.78. The third-order valence-electron chi connectivity index (χ3n) is 4.80. The molecule has 0 aromatic heterocycles. The van der Waals surface area contributed by atoms with Crippen LogP contribution in [0.1, 0.15) is 36.0 Å². The predicted molar refractivity (Wildman–Crippen MR) is 86.9 cm³/mol. The van der Waals surface area contributed by atoms with E-state index in [-0.39, 0.29) is 11.3 Å². The van der Waals surface area contributed by atoms with Crippen molar-refractivity contribution in [1.29, 1.82) is 0 Å². The molecule has 1 aromatic carbocycles. The van der Waals surface area contributed by atoms with Crippen molar-refractivity contribution in [3.8, 4) is 5.75 Å². The van der Waals surface area contributed by atoms with Crippen molar-refractivity contribution in [2.75, 3.05) is 7.11 Å². The van der Waals surface area contributed by atoms with E-state index in [0.29, 0.717) is 17.7 Å². The molecular formula is C17H18F3N3O4. The van der Waals surface area contributed by atoms with E-state index in [1.54, 1.807) is 10.6 Å². The van der Waals surface area contributed by atoms with Crippen molar-refractivity contribution in [3.05, 3.63) is 29.8 Å². The number of ether oxygens (including phenoxy) is 1. The number of carbonyl (C=O) groups is 3. The van der Waals surface area contributed by atoms with Gasteiger partial charge in [0.2, 0.25) is 0 Å². The second-order valence-electron chi connectivity index (χ2n) is 6.48. The first kappa shape index (κ1) is 19.0. The van der Waals surface area contributed by atoms with Gasteiger partial charge in [0.05, 0.1) is 7.11 Å². The summed E-state index contributed by atoms with van der Waals surface area (Å²) >= 11 is 0. The highest BCUT2D eigenvalue weighted by molar-refractivity contribution is 6.10. The lowest BCUT2D eigenvalue weighted by molar-refractivity contribution is -0.200. The first-order valence-electron chi connectivity index (χ1n) is 8.38. The number of hydrogen-bond acceptors (Lipinski definition) is 4. The predicted octanol–water partition coefficient (Wildman–Crippen LogP) is 2.18. The van der Waals surface area contributed by atoms with Crippen LogP contribution in [0.2, 0.25) is 0 Å². The molecule has 2 N–H and O–H groups in total. The Morgan fingerprint density at radius 2 is 1.96 bits per heavy atom. The third kappa shape index (κ3) is 3.19. The molecule has 1 saturated heterocycles. The Morgan fingerprint density at radius 3 is 2.56 bits per heavy atom. The summed E-state index contributed by atoms with van der Waals surface area (Å²) in [6.45, 7) is 0. The summed E-state index contributed by atoms with van der Waals surface area (Å²) in [6, 6.07) is 3.69. The van der Waals surface area contributed by atoms with Crippen LogP contribution in [0, 0.1) is 0 Å². The number of methoxy groups -OCH3 is 1. The molecule has 2 fully saturated rings. The van der Waals surface area contributed by atoms with Crippen LogP contribution in [-0.4, -0.2) is 47.7 Å². The van der Waals surface area contributed by atoms with Gasteiger partial charge in [0.15, 0.2) is 0 Å². The molecule has 1 aromatic rings. The molecule has 3 rings (SSSR count). The molecule has 1 aliphatic carbocycles. The van der Waals surface area contributed by atoms with E-state index in [2.05, 4.69) is 0 Å². The van der Waals surface area contributed by atoms with Crippen LogP contribution in [0.3, 0.4) is 0 Å². The summed E-state index contributed by atoms with van der Waals surface area (Å²) < 4.78 is 46.4. The first-order valence-corrected chi connectivity index (χ1v) is 8.38. The molecule has 10 heteroatoms. The van der Waals surface area contributed by atoms with Crippen LogP contribution in [0.15, 0.2) is 24.3 Å². The lowest BCUT2D eigenvalue weighted by Crippen LogP contribution is -2.69. The average molecular weight is 385 g/mol. The number of nitrogens with one attached hydrogen (secondary N) is 2. The summed E-state index contributed by atoms with van der Waals surface area (Å²) in [4.78, 5) is 37.8. The van der Waals surface area contributed by atoms with Gasteiger partial charge in [-0.1, -0.05) is 18.9 Å². The molecule has 2 aliphatic rings. The van der Waals surface area contributed by atoms with Gasteiger partial charge < -0.3 is 10.1 Å². The van der Waals surface area contributed by atoms with Crippen LogP contribution in [-0.2, 0) is 4.79 Å². The molecule has 0 unspecified atom stereocenters. The Bertz CT molecular complexity index is 777. The van der Waals surface area contributed by atoms with Crippen molar-refractivity contribution >= 4 is 17.8 Å². The van der Waals surface area contributed by atoms with Crippen molar-refractivity contribution in [3.63, 3.8) is 0 Å². The van der Waals surface area contributed by atoms with Gasteiger partial charge in [0.1, 0.15) is 5.75 Å². The highest BCUT2D eigenvalue weighted by Gasteiger charge is 2.69. The molecule has 0 radical (unpaired) electrons. The molecule has 4 amide bonds. The number of imide groups is 1. The standard InChI is InChI=1S/C17H18F3N3O4/c1-27-12-8-4-5-10(9-12)13(24)21-16(17(18,19)20)14(25)23(15(26)22-16)11-6-2-3-7-11/h4-5,8-9,11H,2-3,6-7H2,1H3,(H,21,24)(H,22,26)/t16-/m1/s1. The van der Waals surface area contributed by atoms with Gasteiger partial charge in [-0.15, -0.1) is 0 Å². The molecule has 1 atom stereocenters. The van der Waals surface area contributed by atoms with E-state index in [4.69, 9.17) is 4.74 Å². The SMILES string of the molecule is COc1cccc(C(=O)N[C@@]2(C(F)(F)F)NC(=O)N(C3CCCC3)C2=O)c1. The van der Waals surface area contributed by atoms with Crippen LogP contribution in [0.4, 0.5) is 18.0 Å². The fraction of sp³-hybridized carbons (Fsp3) is 0.471. The molecular weight excluding hydrogens is 367 g/mol. The lowest BCUT2D eigenvalue weighted by atomic mass is 10.1. The van der Waals surface area contributed by atoms with Crippen molar-refractivity contribution in [2.24, 2.45) is 0 Å². The van der Waals surface area contributed by atoms with Crippen LogP contribution in [0.5, 0.6) is 5.75 Å². The molecule has 1 aliphatic heterocycles. The van der Waals surface area contributed by atoms with Gasteiger partial charge in [0, 0.05) is 11.6 Å². The maximum Gasteiger partial charge on any atom is 0.440 e. The quantitative estimate of drug-likeness (QED) is 0.778. The monoisotopic (exact) mass is 385 g/mol. The van der Waals surface area contributed by atoms with E-state index in [1.165, 1.54) is 31.4 Å². The number of benzene rings is 1. The van der Waals surface area contributed by atoms with Crippen LogP contribution >= 0.6 is 0 Å². The van der Waals surface area contributed by atoms with E-state index in [9.17, 15) is 27.6 Å². The number of carbonyl (C=O) groups excluding carboxylic acids is 3. The lowest BCUT2D eigenvalue weighted by Gasteiger charge is -2.30. The van der Waals surface area contributed by atoms with Crippen molar-refractivity contribution in [1.82, 2.24) is 15.5 Å². The Balaban J connectivity index is 1.93. The van der Waals surface area contributed by atoms with Crippen molar-refractivity contribution < 1.29 is 32.3 Å². The Kier molecular flexibility index (Phi) is 4.75. The van der Waals surface area contributed by atoms with E-state index in [0.717, 1.165) is 12.8 Å². The molecule has 7 nitrogen and oxygen atoms in total. The molecule has 1 saturated carbocycles. The highest BCUT2D eigenvalue weighted by atomic mass is 19.4. The fourth-order valence-electron chi connectivity index (χ4n) is 3.40. The topological polar surface area (TPSA) is 87.7 Å². The number of halogens is 3. The van der Waals surface area contributed by atoms with Gasteiger partial charge in [-0.25, -0.2) is 4.79 Å². The minimum atomic E-state index is -5.22. The van der Waals surface area contributed by atoms with E-state index >= 15 is 0 Å². The van der Waals surface area contributed by atoms with Crippen molar-refractivity contribution in [2.45, 2.75) is 43.6 Å². The second-order valence-corrected chi connectivity index (χ2v) is 6.48. The maximum atomic E-state index is 13.8. The molecule has 27 heavy (non-hydrogen) atoms. The summed E-state index contributed by atoms with van der Waals surface area (Å²) in [7, 11) is 1.34. The summed E-state index contributed by atoms with van der Waals surface area (Å²) in [5, 5.41) is 3.35. The fourth-order valence-corrected chi connectivity index (χ4v) is 3.40. The molecule has 1 heterocycles. The number of amides is 4. The van der Waals surface area contributed by atoms with Gasteiger partial charge in [-0.2, -0.15) is 13.2 Å². The average Bonchev–Trinajstić information content (AvgIpc) is 3.21. The number of hydrogen-bond donors (Lipinski definition) is 2. The number of urea groups is 1. The van der Waals surface area contributed by atoms with Crippen LogP contribution in [0.25, 0.3) is 0 Å². The minimum absolute atomic E-state index is 0.139. The largest absolute Gasteiger partial charge is 0.497 e.